The molecule has 1 amide bonds. The number of carbonyl (C=O) groups is 1. The van der Waals surface area contributed by atoms with Crippen LogP contribution in [0, 0.1) is 0 Å². The summed E-state index contributed by atoms with van der Waals surface area (Å²) in [6.07, 6.45) is 1.47. The predicted octanol–water partition coefficient (Wildman–Crippen LogP) is 3.99. The Morgan fingerprint density at radius 2 is 1.97 bits per heavy atom. The van der Waals surface area contributed by atoms with Gasteiger partial charge in [-0.2, -0.15) is 5.10 Å². The number of fused-ring (bicyclic) bond motifs is 1. The lowest BCUT2D eigenvalue weighted by Gasteiger charge is -2.09. The Morgan fingerprint density at radius 3 is 2.62 bits per heavy atom. The molecule has 7 nitrogen and oxygen atoms in total. The molecule has 0 spiro atoms. The Kier molecular flexibility index (Phi) is 4.86. The highest BCUT2D eigenvalue weighted by Crippen LogP contribution is 2.28. The van der Waals surface area contributed by atoms with E-state index in [9.17, 15) is 13.6 Å². The van der Waals surface area contributed by atoms with Gasteiger partial charge in [0.15, 0.2) is 5.65 Å². The van der Waals surface area contributed by atoms with Crippen LogP contribution in [0.3, 0.4) is 0 Å². The number of alkyl halides is 2. The highest BCUT2D eigenvalue weighted by Gasteiger charge is 2.21. The summed E-state index contributed by atoms with van der Waals surface area (Å²) in [5.41, 5.74) is 1.13. The van der Waals surface area contributed by atoms with E-state index in [0.717, 1.165) is 4.52 Å². The number of hydrogen-bond donors (Lipinski definition) is 1. The van der Waals surface area contributed by atoms with Gasteiger partial charge in [-0.3, -0.25) is 9.78 Å². The molecule has 0 unspecified atom stereocenters. The molecule has 3 heterocycles. The van der Waals surface area contributed by atoms with Crippen molar-refractivity contribution in [3.05, 3.63) is 72.3 Å². The number of amides is 1. The van der Waals surface area contributed by atoms with Crippen LogP contribution in [-0.4, -0.2) is 32.6 Å². The van der Waals surface area contributed by atoms with Crippen LogP contribution in [0.5, 0.6) is 5.75 Å². The second kappa shape index (κ2) is 7.63. The van der Waals surface area contributed by atoms with Crippen LogP contribution in [0.2, 0.25) is 0 Å². The zero-order chi connectivity index (χ0) is 20.4. The first-order valence-corrected chi connectivity index (χ1v) is 8.59. The number of rotatable bonds is 5. The van der Waals surface area contributed by atoms with Crippen molar-refractivity contribution < 1.29 is 18.3 Å². The lowest BCUT2D eigenvalue weighted by atomic mass is 10.1. The van der Waals surface area contributed by atoms with Crippen molar-refractivity contribution >= 4 is 17.2 Å². The Balaban J connectivity index is 1.80. The molecular formula is C20H15F2N5O2. The molecule has 4 rings (SSSR count). The largest absolute Gasteiger partial charge is 0.497 e. The maximum absolute atomic E-state index is 13.7. The van der Waals surface area contributed by atoms with E-state index in [1.807, 2.05) is 0 Å². The second-order valence-electron chi connectivity index (χ2n) is 6.08. The fourth-order valence-corrected chi connectivity index (χ4v) is 2.85. The number of benzene rings is 1. The average molecular weight is 395 g/mol. The zero-order valence-electron chi connectivity index (χ0n) is 15.2. The number of carbonyl (C=O) groups excluding carboxylic acids is 1. The van der Waals surface area contributed by atoms with Gasteiger partial charge in [-0.25, -0.2) is 18.3 Å². The van der Waals surface area contributed by atoms with Crippen molar-refractivity contribution in [2.75, 3.05) is 12.4 Å². The molecule has 0 bridgehead atoms. The topological polar surface area (TPSA) is 81.4 Å². The van der Waals surface area contributed by atoms with E-state index in [0.29, 0.717) is 22.7 Å². The van der Waals surface area contributed by atoms with Crippen molar-refractivity contribution in [3.8, 4) is 17.0 Å². The minimum absolute atomic E-state index is 0.0370. The van der Waals surface area contributed by atoms with Crippen molar-refractivity contribution in [3.63, 3.8) is 0 Å². The molecule has 9 heteroatoms. The molecule has 29 heavy (non-hydrogen) atoms. The molecule has 0 saturated carbocycles. The highest BCUT2D eigenvalue weighted by molar-refractivity contribution is 6.08. The van der Waals surface area contributed by atoms with E-state index in [4.69, 9.17) is 4.74 Å². The summed E-state index contributed by atoms with van der Waals surface area (Å²) < 4.78 is 33.4. The Labute approximate surface area is 164 Å². The van der Waals surface area contributed by atoms with Crippen LogP contribution < -0.4 is 10.1 Å². The predicted molar refractivity (Wildman–Crippen MR) is 102 cm³/mol. The van der Waals surface area contributed by atoms with Gasteiger partial charge in [0.05, 0.1) is 30.9 Å². The van der Waals surface area contributed by atoms with Crippen molar-refractivity contribution in [2.24, 2.45) is 0 Å². The molecule has 3 aromatic heterocycles. The lowest BCUT2D eigenvalue weighted by Crippen LogP contribution is -2.12. The second-order valence-corrected chi connectivity index (χ2v) is 6.08. The smallest absolute Gasteiger partial charge is 0.280 e. The van der Waals surface area contributed by atoms with E-state index in [1.54, 1.807) is 42.6 Å². The van der Waals surface area contributed by atoms with E-state index in [1.165, 1.54) is 25.6 Å². The maximum Gasteiger partial charge on any atom is 0.280 e. The quantitative estimate of drug-likeness (QED) is 0.553. The molecular weight excluding hydrogens is 380 g/mol. The normalized spacial score (nSPS) is 11.0. The molecule has 0 radical (unpaired) electrons. The molecule has 4 aromatic rings. The monoisotopic (exact) mass is 395 g/mol. The molecule has 0 saturated heterocycles. The fourth-order valence-electron chi connectivity index (χ4n) is 2.85. The minimum Gasteiger partial charge on any atom is -0.497 e. The molecule has 0 fully saturated rings. The van der Waals surface area contributed by atoms with E-state index in [-0.39, 0.29) is 16.9 Å². The van der Waals surface area contributed by atoms with Gasteiger partial charge in [0.2, 0.25) is 0 Å². The number of hydrogen-bond acceptors (Lipinski definition) is 5. The SMILES string of the molecule is COc1ccc(-c2cc(C(F)F)n3ncc(C(=O)Nc4cccnc4)c3n2)cc1. The first kappa shape index (κ1) is 18.5. The summed E-state index contributed by atoms with van der Waals surface area (Å²) in [5, 5.41) is 6.60. The molecule has 0 aliphatic rings. The molecule has 1 N–H and O–H groups in total. The number of methoxy groups -OCH3 is 1. The third-order valence-corrected chi connectivity index (χ3v) is 4.27. The van der Waals surface area contributed by atoms with Crippen molar-refractivity contribution in [1.82, 2.24) is 19.6 Å². The Morgan fingerprint density at radius 1 is 1.17 bits per heavy atom. The number of nitrogens with zero attached hydrogens (tertiary/aromatic N) is 4. The number of anilines is 1. The fraction of sp³-hybridized carbons (Fsp3) is 0.100. The van der Waals surface area contributed by atoms with Crippen molar-refractivity contribution in [1.29, 1.82) is 0 Å². The summed E-state index contributed by atoms with van der Waals surface area (Å²) >= 11 is 0. The van der Waals surface area contributed by atoms with Gasteiger partial charge in [-0.05, 0) is 42.5 Å². The third-order valence-electron chi connectivity index (χ3n) is 4.27. The average Bonchev–Trinajstić information content (AvgIpc) is 3.18. The van der Waals surface area contributed by atoms with Crippen LogP contribution in [0.15, 0.2) is 61.1 Å². The number of nitrogens with one attached hydrogen (secondary N) is 1. The van der Waals surface area contributed by atoms with E-state index < -0.39 is 12.3 Å². The number of ether oxygens (including phenoxy) is 1. The molecule has 0 atom stereocenters. The van der Waals surface area contributed by atoms with Gasteiger partial charge in [-0.1, -0.05) is 0 Å². The summed E-state index contributed by atoms with van der Waals surface area (Å²) in [5.74, 6) is 0.109. The molecule has 146 valence electrons. The first-order valence-electron chi connectivity index (χ1n) is 8.59. The maximum atomic E-state index is 13.7. The molecule has 1 aromatic carbocycles. The standard InChI is InChI=1S/C20H15F2N5O2/c1-29-14-6-4-12(5-7-14)16-9-17(18(21)22)27-19(26-16)15(11-24-27)20(28)25-13-3-2-8-23-10-13/h2-11,18H,1H3,(H,25,28). The first-order chi connectivity index (χ1) is 14.1. The number of pyridine rings is 1. The van der Waals surface area contributed by atoms with Crippen molar-refractivity contribution in [2.45, 2.75) is 6.43 Å². The third kappa shape index (κ3) is 3.62. The van der Waals surface area contributed by atoms with Crippen LogP contribution in [0.1, 0.15) is 22.5 Å². The highest BCUT2D eigenvalue weighted by atomic mass is 19.3. The van der Waals surface area contributed by atoms with Crippen LogP contribution in [-0.2, 0) is 0 Å². The number of aromatic nitrogens is 4. The molecule has 0 aliphatic carbocycles. The minimum atomic E-state index is -2.80. The van der Waals surface area contributed by atoms with Gasteiger partial charge in [0, 0.05) is 11.8 Å². The van der Waals surface area contributed by atoms with Gasteiger partial charge in [-0.15, -0.1) is 0 Å². The summed E-state index contributed by atoms with van der Waals surface area (Å²) in [4.78, 5) is 21.0. The number of halogens is 2. The van der Waals surface area contributed by atoms with Crippen LogP contribution in [0.4, 0.5) is 14.5 Å². The van der Waals surface area contributed by atoms with Gasteiger partial charge in [0.1, 0.15) is 17.0 Å². The van der Waals surface area contributed by atoms with Gasteiger partial charge < -0.3 is 10.1 Å². The summed E-state index contributed by atoms with van der Waals surface area (Å²) in [7, 11) is 1.54. The Bertz CT molecular complexity index is 1160. The summed E-state index contributed by atoms with van der Waals surface area (Å²) in [6.45, 7) is 0. The van der Waals surface area contributed by atoms with E-state index in [2.05, 4.69) is 20.4 Å². The van der Waals surface area contributed by atoms with E-state index >= 15 is 0 Å². The van der Waals surface area contributed by atoms with Crippen LogP contribution in [0.25, 0.3) is 16.9 Å². The lowest BCUT2D eigenvalue weighted by molar-refractivity contribution is 0.102. The van der Waals surface area contributed by atoms with Gasteiger partial charge in [0.25, 0.3) is 12.3 Å². The van der Waals surface area contributed by atoms with Crippen LogP contribution >= 0.6 is 0 Å². The molecule has 0 aliphatic heterocycles. The Hall–Kier alpha value is -3.88. The van der Waals surface area contributed by atoms with Gasteiger partial charge >= 0.3 is 0 Å². The zero-order valence-corrected chi connectivity index (χ0v) is 15.2. The summed E-state index contributed by atoms with van der Waals surface area (Å²) in [6, 6.07) is 11.4.